The summed E-state index contributed by atoms with van der Waals surface area (Å²) in [6.45, 7) is 9.94. The average Bonchev–Trinajstić information content (AvgIpc) is 2.91. The summed E-state index contributed by atoms with van der Waals surface area (Å²) in [6.07, 6.45) is 31.5. The summed E-state index contributed by atoms with van der Waals surface area (Å²) < 4.78 is 10.3. The number of carbonyl (C=O) groups excluding carboxylic acids is 2. The molecule has 4 nitrogen and oxygen atoms in total. The number of hydrogen-bond donors (Lipinski definition) is 0. The van der Waals surface area contributed by atoms with Crippen LogP contribution in [0.15, 0.2) is 0 Å². The first-order chi connectivity index (χ1) is 18.6. The first-order valence-corrected chi connectivity index (χ1v) is 16.9. The lowest BCUT2D eigenvalue weighted by atomic mass is 10.1. The van der Waals surface area contributed by atoms with Crippen molar-refractivity contribution >= 4 is 11.9 Å². The highest BCUT2D eigenvalue weighted by Crippen LogP contribution is 2.12. The monoisotopic (exact) mass is 541 g/mol. The molecule has 0 fully saturated rings. The van der Waals surface area contributed by atoms with Crippen molar-refractivity contribution in [1.82, 2.24) is 0 Å². The maximum Gasteiger partial charge on any atom is 0.305 e. The van der Waals surface area contributed by atoms with Gasteiger partial charge in [-0.25, -0.2) is 0 Å². The highest BCUT2D eigenvalue weighted by molar-refractivity contribution is 5.69. The zero-order valence-electron chi connectivity index (χ0n) is 26.4. The third kappa shape index (κ3) is 37.1. The molecule has 0 saturated carbocycles. The highest BCUT2D eigenvalue weighted by atomic mass is 16.5. The second kappa shape index (κ2) is 35.9. The van der Waals surface area contributed by atoms with E-state index in [1.165, 1.54) is 116 Å². The van der Waals surface area contributed by atoms with Gasteiger partial charge in [0, 0.05) is 12.8 Å². The third-order valence-corrected chi connectivity index (χ3v) is 6.99. The van der Waals surface area contributed by atoms with Gasteiger partial charge in [0.2, 0.25) is 0 Å². The summed E-state index contributed by atoms with van der Waals surface area (Å²) >= 11 is 0. The first kappa shape index (κ1) is 39.1. The molecule has 0 unspecified atom stereocenters. The smallest absolute Gasteiger partial charge is 0.305 e. The van der Waals surface area contributed by atoms with Gasteiger partial charge in [0.05, 0.1) is 13.2 Å². The average molecular weight is 541 g/mol. The van der Waals surface area contributed by atoms with Gasteiger partial charge >= 0.3 is 11.9 Å². The number of carbonyl (C=O) groups is 2. The third-order valence-electron chi connectivity index (χ3n) is 6.99. The Labute approximate surface area is 238 Å². The number of rotatable bonds is 28. The van der Waals surface area contributed by atoms with Gasteiger partial charge in [-0.1, -0.05) is 156 Å². The molecule has 0 rings (SSSR count). The van der Waals surface area contributed by atoms with Gasteiger partial charge in [-0.05, 0) is 25.7 Å². The minimum absolute atomic E-state index is 0.00647. The van der Waals surface area contributed by atoms with Crippen LogP contribution in [0.4, 0.5) is 0 Å². The van der Waals surface area contributed by atoms with E-state index >= 15 is 0 Å². The Balaban J connectivity index is 0. The Morgan fingerprint density at radius 1 is 0.342 bits per heavy atom. The summed E-state index contributed by atoms with van der Waals surface area (Å²) in [5.41, 5.74) is 0. The van der Waals surface area contributed by atoms with E-state index < -0.39 is 0 Å². The largest absolute Gasteiger partial charge is 0.466 e. The van der Waals surface area contributed by atoms with Crippen LogP contribution in [0.3, 0.4) is 0 Å². The molecule has 4 heteroatoms. The predicted molar refractivity (Wildman–Crippen MR) is 165 cm³/mol. The topological polar surface area (TPSA) is 52.6 Å². The number of unbranched alkanes of at least 4 members (excludes halogenated alkanes) is 20. The lowest BCUT2D eigenvalue weighted by molar-refractivity contribution is -0.144. The number of ether oxygens (including phenoxy) is 2. The lowest BCUT2D eigenvalue weighted by Gasteiger charge is -2.04. The maximum atomic E-state index is 11.3. The van der Waals surface area contributed by atoms with Crippen LogP contribution >= 0.6 is 0 Å². The maximum absolute atomic E-state index is 11.3. The van der Waals surface area contributed by atoms with Crippen molar-refractivity contribution in [1.29, 1.82) is 0 Å². The van der Waals surface area contributed by atoms with E-state index in [4.69, 9.17) is 9.47 Å². The van der Waals surface area contributed by atoms with Crippen LogP contribution in [-0.2, 0) is 19.1 Å². The minimum atomic E-state index is -0.00647. The standard InChI is InChI=1S/2C17H34O2/c2*1-3-5-7-8-9-10-11-12-13-14-15-17(18)19-16-6-4-2/h2*3-16H2,1-2H3. The van der Waals surface area contributed by atoms with Gasteiger partial charge in [0.1, 0.15) is 0 Å². The van der Waals surface area contributed by atoms with Crippen LogP contribution in [0.1, 0.15) is 195 Å². The highest BCUT2D eigenvalue weighted by Gasteiger charge is 2.03. The van der Waals surface area contributed by atoms with E-state index in [0.717, 1.165) is 38.5 Å². The molecule has 0 atom stereocenters. The summed E-state index contributed by atoms with van der Waals surface area (Å²) in [6, 6.07) is 0. The van der Waals surface area contributed by atoms with Crippen molar-refractivity contribution in [3.8, 4) is 0 Å². The molecule has 0 aliphatic rings. The van der Waals surface area contributed by atoms with Gasteiger partial charge in [-0.15, -0.1) is 0 Å². The van der Waals surface area contributed by atoms with E-state index in [1.807, 2.05) is 0 Å². The van der Waals surface area contributed by atoms with Crippen LogP contribution in [0.2, 0.25) is 0 Å². The summed E-state index contributed by atoms with van der Waals surface area (Å²) in [5.74, 6) is -0.0129. The van der Waals surface area contributed by atoms with Crippen LogP contribution in [0.5, 0.6) is 0 Å². The lowest BCUT2D eigenvalue weighted by Crippen LogP contribution is -2.05. The molecule has 0 N–H and O–H groups in total. The quantitative estimate of drug-likeness (QED) is 0.0731. The Bertz CT molecular complexity index is 421. The second-order valence-electron chi connectivity index (χ2n) is 11.0. The molecule has 0 saturated heterocycles. The van der Waals surface area contributed by atoms with Gasteiger partial charge < -0.3 is 9.47 Å². The zero-order chi connectivity index (χ0) is 28.4. The van der Waals surface area contributed by atoms with E-state index in [1.54, 1.807) is 0 Å². The minimum Gasteiger partial charge on any atom is -0.466 e. The Kier molecular flexibility index (Phi) is 37.0. The molecular formula is C34H68O4. The second-order valence-corrected chi connectivity index (χ2v) is 11.0. The molecule has 0 aromatic rings. The van der Waals surface area contributed by atoms with E-state index in [-0.39, 0.29) is 11.9 Å². The van der Waals surface area contributed by atoms with Gasteiger partial charge in [0.25, 0.3) is 0 Å². The molecule has 0 radical (unpaired) electrons. The van der Waals surface area contributed by atoms with Gasteiger partial charge in [-0.2, -0.15) is 0 Å². The summed E-state index contributed by atoms with van der Waals surface area (Å²) in [5, 5.41) is 0. The predicted octanol–water partition coefficient (Wildman–Crippen LogP) is 11.3. The fraction of sp³-hybridized carbons (Fsp3) is 0.941. The van der Waals surface area contributed by atoms with Crippen molar-refractivity contribution in [2.75, 3.05) is 13.2 Å². The Hall–Kier alpha value is -1.06. The van der Waals surface area contributed by atoms with E-state index in [0.29, 0.717) is 26.1 Å². The Morgan fingerprint density at radius 2 is 0.579 bits per heavy atom. The van der Waals surface area contributed by atoms with E-state index in [9.17, 15) is 9.59 Å². The zero-order valence-corrected chi connectivity index (χ0v) is 26.4. The molecule has 0 spiro atoms. The summed E-state index contributed by atoms with van der Waals surface area (Å²) in [7, 11) is 0. The van der Waals surface area contributed by atoms with Crippen molar-refractivity contribution in [2.24, 2.45) is 0 Å². The molecule has 228 valence electrons. The van der Waals surface area contributed by atoms with Crippen molar-refractivity contribution in [3.05, 3.63) is 0 Å². The van der Waals surface area contributed by atoms with Gasteiger partial charge in [-0.3, -0.25) is 9.59 Å². The fourth-order valence-corrected chi connectivity index (χ4v) is 4.32. The van der Waals surface area contributed by atoms with Crippen LogP contribution in [-0.4, -0.2) is 25.2 Å². The summed E-state index contributed by atoms with van der Waals surface area (Å²) in [4.78, 5) is 22.7. The molecule has 0 heterocycles. The number of esters is 2. The van der Waals surface area contributed by atoms with Crippen LogP contribution < -0.4 is 0 Å². The molecule has 38 heavy (non-hydrogen) atoms. The molecule has 0 aromatic heterocycles. The van der Waals surface area contributed by atoms with Crippen molar-refractivity contribution < 1.29 is 19.1 Å². The SMILES string of the molecule is CCCCCCCCCCCCC(=O)OCCCC.CCCCCCCCCCCCC(=O)OCCCC. The fourth-order valence-electron chi connectivity index (χ4n) is 4.32. The Morgan fingerprint density at radius 3 is 0.842 bits per heavy atom. The number of hydrogen-bond acceptors (Lipinski definition) is 4. The van der Waals surface area contributed by atoms with Crippen molar-refractivity contribution in [2.45, 2.75) is 195 Å². The van der Waals surface area contributed by atoms with Crippen molar-refractivity contribution in [3.63, 3.8) is 0 Å². The van der Waals surface area contributed by atoms with Crippen LogP contribution in [0.25, 0.3) is 0 Å². The molecule has 0 aromatic carbocycles. The van der Waals surface area contributed by atoms with Crippen LogP contribution in [0, 0.1) is 0 Å². The molecule has 0 aliphatic heterocycles. The van der Waals surface area contributed by atoms with E-state index in [2.05, 4.69) is 27.7 Å². The molecular weight excluding hydrogens is 472 g/mol. The first-order valence-electron chi connectivity index (χ1n) is 16.9. The molecule has 0 amide bonds. The normalized spacial score (nSPS) is 10.6. The molecule has 0 bridgehead atoms. The van der Waals surface area contributed by atoms with Gasteiger partial charge in [0.15, 0.2) is 0 Å². The molecule has 0 aliphatic carbocycles.